The van der Waals surface area contributed by atoms with Crippen molar-refractivity contribution in [3.05, 3.63) is 63.2 Å². The third-order valence-corrected chi connectivity index (χ3v) is 3.44. The maximum atomic E-state index is 11.9. The zero-order chi connectivity index (χ0) is 14.4. The van der Waals surface area contributed by atoms with E-state index in [1.165, 1.54) is 0 Å². The zero-order valence-corrected chi connectivity index (χ0v) is 13.0. The molecule has 2 aromatic carbocycles. The summed E-state index contributed by atoms with van der Waals surface area (Å²) in [6.07, 6.45) is 1.60. The molecule has 0 aliphatic heterocycles. The summed E-state index contributed by atoms with van der Waals surface area (Å²) in [5.74, 6) is 0.493. The van der Waals surface area contributed by atoms with E-state index in [9.17, 15) is 4.79 Å². The number of amides is 1. The van der Waals surface area contributed by atoms with Crippen molar-refractivity contribution in [2.75, 3.05) is 7.11 Å². The molecule has 0 fully saturated rings. The van der Waals surface area contributed by atoms with Crippen LogP contribution >= 0.6 is 22.6 Å². The molecule has 2 rings (SSSR count). The normalized spacial score (nSPS) is 10.5. The van der Waals surface area contributed by atoms with Crippen LogP contribution in [0, 0.1) is 3.57 Å². The highest BCUT2D eigenvalue weighted by molar-refractivity contribution is 14.1. The van der Waals surface area contributed by atoms with Gasteiger partial charge in [-0.05, 0) is 46.4 Å². The van der Waals surface area contributed by atoms with Crippen LogP contribution in [-0.4, -0.2) is 19.2 Å². The summed E-state index contributed by atoms with van der Waals surface area (Å²) in [6, 6.07) is 14.8. The van der Waals surface area contributed by atoms with Crippen molar-refractivity contribution in [3.8, 4) is 5.75 Å². The van der Waals surface area contributed by atoms with Crippen molar-refractivity contribution in [2.45, 2.75) is 0 Å². The number of hydrogen-bond acceptors (Lipinski definition) is 3. The van der Waals surface area contributed by atoms with Crippen LogP contribution in [0.4, 0.5) is 0 Å². The van der Waals surface area contributed by atoms with Crippen LogP contribution in [0.15, 0.2) is 53.6 Å². The third kappa shape index (κ3) is 3.80. The number of ether oxygens (including phenoxy) is 1. The molecule has 0 spiro atoms. The number of hydrazone groups is 1. The second kappa shape index (κ2) is 7.04. The molecule has 5 heteroatoms. The molecule has 0 atom stereocenters. The fourth-order valence-corrected chi connectivity index (χ4v) is 2.31. The second-order valence-electron chi connectivity index (χ2n) is 3.96. The van der Waals surface area contributed by atoms with Crippen LogP contribution in [0.2, 0.25) is 0 Å². The fourth-order valence-electron chi connectivity index (χ4n) is 1.58. The monoisotopic (exact) mass is 380 g/mol. The average Bonchev–Trinajstić information content (AvgIpc) is 2.48. The number of carbonyl (C=O) groups excluding carboxylic acids is 1. The third-order valence-electron chi connectivity index (χ3n) is 2.59. The minimum atomic E-state index is -0.252. The van der Waals surface area contributed by atoms with Crippen LogP contribution in [0.1, 0.15) is 15.9 Å². The SMILES string of the molecule is COc1ccc(C(=O)N/N=C\c2ccccc2)cc1I. The number of nitrogens with zero attached hydrogens (tertiary/aromatic N) is 1. The Hall–Kier alpha value is -1.89. The molecule has 1 amide bonds. The molecule has 1 N–H and O–H groups in total. The van der Waals surface area contributed by atoms with Crippen LogP contribution in [0.3, 0.4) is 0 Å². The molecular formula is C15H13IN2O2. The Kier molecular flexibility index (Phi) is 5.11. The highest BCUT2D eigenvalue weighted by atomic mass is 127. The molecule has 0 aromatic heterocycles. The minimum Gasteiger partial charge on any atom is -0.496 e. The standard InChI is InChI=1S/C15H13IN2O2/c1-20-14-8-7-12(9-13(14)16)15(19)18-17-10-11-5-3-2-4-6-11/h2-10H,1H3,(H,18,19)/b17-10-. The lowest BCUT2D eigenvalue weighted by Gasteiger charge is -2.05. The first kappa shape index (κ1) is 14.5. The van der Waals surface area contributed by atoms with E-state index in [2.05, 4.69) is 33.1 Å². The van der Waals surface area contributed by atoms with Crippen molar-refractivity contribution < 1.29 is 9.53 Å². The Labute approximate surface area is 131 Å². The average molecular weight is 380 g/mol. The summed E-state index contributed by atoms with van der Waals surface area (Å²) < 4.78 is 6.03. The van der Waals surface area contributed by atoms with Crippen molar-refractivity contribution >= 4 is 34.7 Å². The summed E-state index contributed by atoms with van der Waals surface area (Å²) in [5, 5.41) is 3.93. The van der Waals surface area contributed by atoms with Crippen LogP contribution in [0.25, 0.3) is 0 Å². The van der Waals surface area contributed by atoms with E-state index in [0.717, 1.165) is 14.9 Å². The molecular weight excluding hydrogens is 367 g/mol. The van der Waals surface area contributed by atoms with Gasteiger partial charge in [-0.1, -0.05) is 30.3 Å². The molecule has 0 aliphatic carbocycles. The number of carbonyl (C=O) groups is 1. The van der Waals surface area contributed by atoms with Gasteiger partial charge in [0.2, 0.25) is 0 Å². The maximum Gasteiger partial charge on any atom is 0.271 e. The summed E-state index contributed by atoms with van der Waals surface area (Å²) in [6.45, 7) is 0. The quantitative estimate of drug-likeness (QED) is 0.504. The number of rotatable bonds is 4. The Morgan fingerprint density at radius 3 is 2.65 bits per heavy atom. The highest BCUT2D eigenvalue weighted by Crippen LogP contribution is 2.21. The molecule has 0 radical (unpaired) electrons. The van der Waals surface area contributed by atoms with Gasteiger partial charge < -0.3 is 4.74 Å². The van der Waals surface area contributed by atoms with Gasteiger partial charge in [-0.25, -0.2) is 5.43 Å². The van der Waals surface area contributed by atoms with E-state index in [4.69, 9.17) is 4.74 Å². The van der Waals surface area contributed by atoms with E-state index >= 15 is 0 Å². The van der Waals surface area contributed by atoms with Gasteiger partial charge >= 0.3 is 0 Å². The van der Waals surface area contributed by atoms with Crippen LogP contribution < -0.4 is 10.2 Å². The predicted molar refractivity (Wildman–Crippen MR) is 87.2 cm³/mol. The first-order valence-electron chi connectivity index (χ1n) is 5.92. The van der Waals surface area contributed by atoms with Crippen molar-refractivity contribution in [3.63, 3.8) is 0 Å². The largest absolute Gasteiger partial charge is 0.496 e. The zero-order valence-electron chi connectivity index (χ0n) is 10.8. The van der Waals surface area contributed by atoms with Gasteiger partial charge in [0.1, 0.15) is 5.75 Å². The number of halogens is 1. The number of benzene rings is 2. The number of hydrogen-bond donors (Lipinski definition) is 1. The Balaban J connectivity index is 2.02. The Morgan fingerprint density at radius 2 is 2.00 bits per heavy atom. The predicted octanol–water partition coefficient (Wildman–Crippen LogP) is 3.06. The van der Waals surface area contributed by atoms with Gasteiger partial charge in [0.25, 0.3) is 5.91 Å². The summed E-state index contributed by atoms with van der Waals surface area (Å²) in [4.78, 5) is 11.9. The van der Waals surface area contributed by atoms with Gasteiger partial charge in [-0.3, -0.25) is 4.79 Å². The molecule has 20 heavy (non-hydrogen) atoms. The minimum absolute atomic E-state index is 0.252. The lowest BCUT2D eigenvalue weighted by atomic mass is 10.2. The summed E-state index contributed by atoms with van der Waals surface area (Å²) in [7, 11) is 1.60. The molecule has 0 aliphatic rings. The van der Waals surface area contributed by atoms with E-state index < -0.39 is 0 Å². The lowest BCUT2D eigenvalue weighted by Crippen LogP contribution is -2.17. The molecule has 2 aromatic rings. The van der Waals surface area contributed by atoms with Gasteiger partial charge in [0, 0.05) is 5.56 Å². The first-order valence-corrected chi connectivity index (χ1v) is 7.00. The topological polar surface area (TPSA) is 50.7 Å². The first-order chi connectivity index (χ1) is 9.70. The smallest absolute Gasteiger partial charge is 0.271 e. The molecule has 0 bridgehead atoms. The van der Waals surface area contributed by atoms with Gasteiger partial charge in [0.15, 0.2) is 0 Å². The molecule has 0 unspecified atom stereocenters. The maximum absolute atomic E-state index is 11.9. The van der Waals surface area contributed by atoms with E-state index in [-0.39, 0.29) is 5.91 Å². The molecule has 0 saturated carbocycles. The summed E-state index contributed by atoms with van der Waals surface area (Å²) in [5.41, 5.74) is 3.97. The number of methoxy groups -OCH3 is 1. The number of nitrogens with one attached hydrogen (secondary N) is 1. The Morgan fingerprint density at radius 1 is 1.25 bits per heavy atom. The van der Waals surface area contributed by atoms with E-state index in [1.807, 2.05) is 30.3 Å². The summed E-state index contributed by atoms with van der Waals surface area (Å²) >= 11 is 2.12. The van der Waals surface area contributed by atoms with Gasteiger partial charge in [0.05, 0.1) is 16.9 Å². The second-order valence-corrected chi connectivity index (χ2v) is 5.12. The van der Waals surface area contributed by atoms with Crippen molar-refractivity contribution in [1.29, 1.82) is 0 Å². The van der Waals surface area contributed by atoms with Crippen molar-refractivity contribution in [1.82, 2.24) is 5.43 Å². The lowest BCUT2D eigenvalue weighted by molar-refractivity contribution is 0.0955. The fraction of sp³-hybridized carbons (Fsp3) is 0.0667. The van der Waals surface area contributed by atoms with Gasteiger partial charge in [-0.2, -0.15) is 5.10 Å². The molecule has 102 valence electrons. The van der Waals surface area contributed by atoms with E-state index in [1.54, 1.807) is 31.5 Å². The van der Waals surface area contributed by atoms with E-state index in [0.29, 0.717) is 5.56 Å². The molecule has 0 saturated heterocycles. The Bertz CT molecular complexity index is 627. The van der Waals surface area contributed by atoms with Crippen LogP contribution in [-0.2, 0) is 0 Å². The molecule has 0 heterocycles. The van der Waals surface area contributed by atoms with Crippen molar-refractivity contribution in [2.24, 2.45) is 5.10 Å². The van der Waals surface area contributed by atoms with Crippen LogP contribution in [0.5, 0.6) is 5.75 Å². The highest BCUT2D eigenvalue weighted by Gasteiger charge is 2.07. The van der Waals surface area contributed by atoms with Gasteiger partial charge in [-0.15, -0.1) is 0 Å². The molecule has 4 nitrogen and oxygen atoms in total.